The molecule has 110 valence electrons. The minimum atomic E-state index is -3.40. The Balaban J connectivity index is 2.69. The number of hydrogen-bond acceptors (Lipinski definition) is 4. The normalized spacial score (nSPS) is 13.7. The molecule has 0 bridgehead atoms. The third-order valence-electron chi connectivity index (χ3n) is 3.05. The molecule has 0 aliphatic rings. The quantitative estimate of drug-likeness (QED) is 0.725. The zero-order chi connectivity index (χ0) is 14.5. The van der Waals surface area contributed by atoms with Crippen molar-refractivity contribution in [1.29, 1.82) is 0 Å². The molecule has 6 heteroatoms. The molecule has 0 aliphatic heterocycles. The molecule has 0 amide bonds. The van der Waals surface area contributed by atoms with Gasteiger partial charge in [-0.3, -0.25) is 0 Å². The topological polar surface area (TPSA) is 72.2 Å². The van der Waals surface area contributed by atoms with E-state index in [-0.39, 0.29) is 6.04 Å². The summed E-state index contributed by atoms with van der Waals surface area (Å²) in [6, 6.07) is 1.67. The Morgan fingerprint density at radius 1 is 1.42 bits per heavy atom. The van der Waals surface area contributed by atoms with E-state index in [1.54, 1.807) is 6.07 Å². The average molecular weight is 304 g/mol. The maximum Gasteiger partial charge on any atom is 0.250 e. The van der Waals surface area contributed by atoms with Crippen molar-refractivity contribution in [1.82, 2.24) is 4.72 Å². The molecule has 0 saturated heterocycles. The molecule has 4 nitrogen and oxygen atoms in total. The van der Waals surface area contributed by atoms with E-state index < -0.39 is 10.0 Å². The van der Waals surface area contributed by atoms with Gasteiger partial charge >= 0.3 is 0 Å². The summed E-state index contributed by atoms with van der Waals surface area (Å²) in [5.74, 6) is 0. The second-order valence-electron chi connectivity index (χ2n) is 4.89. The van der Waals surface area contributed by atoms with Crippen LogP contribution < -0.4 is 10.5 Å². The molecule has 0 spiro atoms. The molecule has 0 aromatic carbocycles. The van der Waals surface area contributed by atoms with Crippen LogP contribution in [0.1, 0.15) is 50.0 Å². The lowest BCUT2D eigenvalue weighted by molar-refractivity contribution is 0.528. The van der Waals surface area contributed by atoms with Gasteiger partial charge in [-0.25, -0.2) is 13.1 Å². The highest BCUT2D eigenvalue weighted by Gasteiger charge is 2.20. The van der Waals surface area contributed by atoms with Gasteiger partial charge in [0.05, 0.1) is 0 Å². The molecule has 0 fully saturated rings. The van der Waals surface area contributed by atoms with Crippen LogP contribution in [0.4, 0.5) is 0 Å². The van der Waals surface area contributed by atoms with Crippen molar-refractivity contribution in [3.05, 3.63) is 16.5 Å². The molecule has 1 atom stereocenters. The molecular formula is C13H24N2O2S2. The molecule has 0 saturated carbocycles. The largest absolute Gasteiger partial charge is 0.326 e. The summed E-state index contributed by atoms with van der Waals surface area (Å²) < 4.78 is 27.5. The molecule has 19 heavy (non-hydrogen) atoms. The second kappa shape index (κ2) is 7.38. The predicted octanol–water partition coefficient (Wildman–Crippen LogP) is 2.76. The van der Waals surface area contributed by atoms with Crippen LogP contribution >= 0.6 is 11.3 Å². The number of hydrogen-bond donors (Lipinski definition) is 2. The van der Waals surface area contributed by atoms with Crippen LogP contribution in [0, 0.1) is 6.92 Å². The van der Waals surface area contributed by atoms with E-state index in [1.807, 2.05) is 13.8 Å². The first-order valence-corrected chi connectivity index (χ1v) is 9.02. The van der Waals surface area contributed by atoms with Crippen molar-refractivity contribution in [2.45, 2.75) is 63.3 Å². The van der Waals surface area contributed by atoms with Gasteiger partial charge in [0, 0.05) is 17.5 Å². The first-order chi connectivity index (χ1) is 8.90. The molecular weight excluding hydrogens is 280 g/mol. The molecule has 1 unspecified atom stereocenters. The highest BCUT2D eigenvalue weighted by molar-refractivity contribution is 7.91. The van der Waals surface area contributed by atoms with E-state index in [4.69, 9.17) is 5.73 Å². The number of nitrogens with two attached hydrogens (primary N) is 1. The fraction of sp³-hybridized carbons (Fsp3) is 0.692. The number of nitrogens with one attached hydrogen (secondary N) is 1. The van der Waals surface area contributed by atoms with Gasteiger partial charge in [0.15, 0.2) is 0 Å². The molecule has 1 aromatic rings. The molecule has 0 aliphatic carbocycles. The van der Waals surface area contributed by atoms with E-state index in [0.717, 1.165) is 36.1 Å². The standard InChI is InChI=1S/C13H24N2O2S2/c1-4-5-6-7-11(3)15-19(16,17)13-8-10(2)12(9-14)18-13/h8,11,15H,4-7,9,14H2,1-3H3. The summed E-state index contributed by atoms with van der Waals surface area (Å²) in [5, 5.41) is 0. The molecule has 1 rings (SSSR count). The summed E-state index contributed by atoms with van der Waals surface area (Å²) in [4.78, 5) is 0.930. The van der Waals surface area contributed by atoms with Crippen LogP contribution in [0.3, 0.4) is 0 Å². The summed E-state index contributed by atoms with van der Waals surface area (Å²) in [6.07, 6.45) is 4.21. The Morgan fingerprint density at radius 3 is 2.63 bits per heavy atom. The van der Waals surface area contributed by atoms with Crippen LogP contribution in [0.5, 0.6) is 0 Å². The lowest BCUT2D eigenvalue weighted by Crippen LogP contribution is -2.32. The van der Waals surface area contributed by atoms with Gasteiger partial charge in [-0.15, -0.1) is 11.3 Å². The van der Waals surface area contributed by atoms with Crippen LogP contribution in [0.2, 0.25) is 0 Å². The van der Waals surface area contributed by atoms with Gasteiger partial charge in [0.2, 0.25) is 10.0 Å². The summed E-state index contributed by atoms with van der Waals surface area (Å²) in [6.45, 7) is 6.33. The Morgan fingerprint density at radius 2 is 2.11 bits per heavy atom. The first-order valence-electron chi connectivity index (χ1n) is 6.72. The summed E-state index contributed by atoms with van der Waals surface area (Å²) in [5.41, 5.74) is 6.54. The lowest BCUT2D eigenvalue weighted by atomic mass is 10.1. The molecule has 3 N–H and O–H groups in total. The van der Waals surface area contributed by atoms with Gasteiger partial charge in [-0.2, -0.15) is 0 Å². The lowest BCUT2D eigenvalue weighted by Gasteiger charge is -2.12. The maximum atomic E-state index is 12.2. The zero-order valence-electron chi connectivity index (χ0n) is 11.9. The highest BCUT2D eigenvalue weighted by Crippen LogP contribution is 2.25. The van der Waals surface area contributed by atoms with Crippen molar-refractivity contribution in [2.75, 3.05) is 0 Å². The highest BCUT2D eigenvalue weighted by atomic mass is 32.2. The Bertz CT molecular complexity index is 495. The van der Waals surface area contributed by atoms with E-state index in [0.29, 0.717) is 10.8 Å². The number of thiophene rings is 1. The van der Waals surface area contributed by atoms with Crippen LogP contribution in [0.15, 0.2) is 10.3 Å². The fourth-order valence-electron chi connectivity index (χ4n) is 1.91. The van der Waals surface area contributed by atoms with Gasteiger partial charge < -0.3 is 5.73 Å². The van der Waals surface area contributed by atoms with Gasteiger partial charge in [-0.05, 0) is 31.9 Å². The van der Waals surface area contributed by atoms with Gasteiger partial charge in [0.1, 0.15) is 4.21 Å². The minimum Gasteiger partial charge on any atom is -0.326 e. The maximum absolute atomic E-state index is 12.2. The Kier molecular flexibility index (Phi) is 6.46. The number of rotatable bonds is 8. The number of unbranched alkanes of at least 4 members (excludes halogenated alkanes) is 2. The first kappa shape index (κ1) is 16.6. The van der Waals surface area contributed by atoms with Crippen molar-refractivity contribution in [2.24, 2.45) is 5.73 Å². The average Bonchev–Trinajstić information content (AvgIpc) is 2.71. The van der Waals surface area contributed by atoms with Crippen LogP contribution in [-0.4, -0.2) is 14.5 Å². The Hall–Kier alpha value is -0.430. The van der Waals surface area contributed by atoms with Crippen LogP contribution in [0.25, 0.3) is 0 Å². The fourth-order valence-corrected chi connectivity index (χ4v) is 4.67. The van der Waals surface area contributed by atoms with Gasteiger partial charge in [-0.1, -0.05) is 26.2 Å². The van der Waals surface area contributed by atoms with Crippen molar-refractivity contribution >= 4 is 21.4 Å². The smallest absolute Gasteiger partial charge is 0.250 e. The summed E-state index contributed by atoms with van der Waals surface area (Å²) >= 11 is 1.26. The monoisotopic (exact) mass is 304 g/mol. The van der Waals surface area contributed by atoms with Crippen molar-refractivity contribution < 1.29 is 8.42 Å². The summed E-state index contributed by atoms with van der Waals surface area (Å²) in [7, 11) is -3.40. The van der Waals surface area contributed by atoms with Crippen LogP contribution in [-0.2, 0) is 16.6 Å². The van der Waals surface area contributed by atoms with E-state index >= 15 is 0 Å². The van der Waals surface area contributed by atoms with E-state index in [2.05, 4.69) is 11.6 Å². The number of aryl methyl sites for hydroxylation is 1. The number of sulfonamides is 1. The van der Waals surface area contributed by atoms with E-state index in [9.17, 15) is 8.42 Å². The second-order valence-corrected chi connectivity index (χ2v) is 7.97. The minimum absolute atomic E-state index is 0.0275. The Labute approximate surface area is 120 Å². The molecule has 1 aromatic heterocycles. The SMILES string of the molecule is CCCCCC(C)NS(=O)(=O)c1cc(C)c(CN)s1. The molecule has 1 heterocycles. The van der Waals surface area contributed by atoms with Gasteiger partial charge in [0.25, 0.3) is 0 Å². The third-order valence-corrected chi connectivity index (χ3v) is 6.37. The third kappa shape index (κ3) is 4.87. The molecule has 0 radical (unpaired) electrons. The van der Waals surface area contributed by atoms with Crippen molar-refractivity contribution in [3.8, 4) is 0 Å². The van der Waals surface area contributed by atoms with E-state index in [1.165, 1.54) is 11.3 Å². The zero-order valence-corrected chi connectivity index (χ0v) is 13.5. The van der Waals surface area contributed by atoms with Crippen molar-refractivity contribution in [3.63, 3.8) is 0 Å². The predicted molar refractivity (Wildman–Crippen MR) is 80.9 cm³/mol.